The van der Waals surface area contributed by atoms with Gasteiger partial charge in [-0.3, -0.25) is 9.59 Å². The van der Waals surface area contributed by atoms with E-state index in [-0.39, 0.29) is 24.5 Å². The minimum Gasteiger partial charge on any atom is -0.497 e. The van der Waals surface area contributed by atoms with Crippen molar-refractivity contribution in [1.82, 2.24) is 10.2 Å². The number of fused-ring (bicyclic) bond motifs is 1. The number of hydrogen-bond acceptors (Lipinski definition) is 4. The molecule has 1 aliphatic heterocycles. The van der Waals surface area contributed by atoms with Gasteiger partial charge >= 0.3 is 0 Å². The maximum Gasteiger partial charge on any atom is 0.254 e. The SMILES string of the molecule is COc1ccc(CCNC(=O)[C@@]2(C)c3ccccc3C(=O)N(C(C)C)[C@H]2c2ccc(CO)cc2)cc1. The van der Waals surface area contributed by atoms with Gasteiger partial charge < -0.3 is 20.1 Å². The van der Waals surface area contributed by atoms with Crippen LogP contribution in [0.4, 0.5) is 0 Å². The van der Waals surface area contributed by atoms with Crippen molar-refractivity contribution in [3.63, 3.8) is 0 Å². The molecule has 188 valence electrons. The van der Waals surface area contributed by atoms with Crippen molar-refractivity contribution in [2.24, 2.45) is 0 Å². The molecule has 0 radical (unpaired) electrons. The minimum atomic E-state index is -1.02. The highest BCUT2D eigenvalue weighted by Gasteiger charge is 2.53. The molecule has 0 fully saturated rings. The Morgan fingerprint density at radius 1 is 1.03 bits per heavy atom. The Morgan fingerprint density at radius 3 is 2.28 bits per heavy atom. The van der Waals surface area contributed by atoms with E-state index in [0.717, 1.165) is 28.0 Å². The fourth-order valence-electron chi connectivity index (χ4n) is 5.18. The summed E-state index contributed by atoms with van der Waals surface area (Å²) in [5.41, 5.74) is 3.00. The van der Waals surface area contributed by atoms with Crippen LogP contribution in [0.1, 0.15) is 59.4 Å². The summed E-state index contributed by atoms with van der Waals surface area (Å²) in [6.07, 6.45) is 0.677. The Bertz CT molecular complexity index is 1220. The predicted molar refractivity (Wildman–Crippen MR) is 140 cm³/mol. The maximum atomic E-state index is 14.0. The normalized spacial score (nSPS) is 19.2. The largest absolute Gasteiger partial charge is 0.497 e. The number of nitrogens with one attached hydrogen (secondary N) is 1. The lowest BCUT2D eigenvalue weighted by Gasteiger charge is -2.49. The van der Waals surface area contributed by atoms with Crippen LogP contribution in [0.5, 0.6) is 5.75 Å². The number of carbonyl (C=O) groups excluding carboxylic acids is 2. The summed E-state index contributed by atoms with van der Waals surface area (Å²) in [5, 5.41) is 12.7. The van der Waals surface area contributed by atoms with Crippen LogP contribution in [0.15, 0.2) is 72.8 Å². The molecule has 6 nitrogen and oxygen atoms in total. The van der Waals surface area contributed by atoms with E-state index < -0.39 is 11.5 Å². The van der Waals surface area contributed by atoms with Crippen LogP contribution in [0, 0.1) is 0 Å². The summed E-state index contributed by atoms with van der Waals surface area (Å²) in [6, 6.07) is 22.1. The van der Waals surface area contributed by atoms with Crippen LogP contribution in [0.25, 0.3) is 0 Å². The van der Waals surface area contributed by atoms with Gasteiger partial charge in [0.05, 0.1) is 25.2 Å². The van der Waals surface area contributed by atoms with Crippen molar-refractivity contribution in [1.29, 1.82) is 0 Å². The van der Waals surface area contributed by atoms with E-state index in [4.69, 9.17) is 4.74 Å². The molecular formula is C30H34N2O4. The Balaban J connectivity index is 1.72. The van der Waals surface area contributed by atoms with E-state index in [1.54, 1.807) is 13.2 Å². The average molecular weight is 487 g/mol. The molecule has 0 aliphatic carbocycles. The van der Waals surface area contributed by atoms with E-state index in [1.807, 2.05) is 92.4 Å². The third-order valence-corrected chi connectivity index (χ3v) is 7.14. The molecule has 0 saturated heterocycles. The van der Waals surface area contributed by atoms with E-state index in [0.29, 0.717) is 18.5 Å². The molecule has 4 rings (SSSR count). The monoisotopic (exact) mass is 486 g/mol. The predicted octanol–water partition coefficient (Wildman–Crippen LogP) is 4.41. The lowest BCUT2D eigenvalue weighted by atomic mass is 9.67. The molecule has 2 atom stereocenters. The van der Waals surface area contributed by atoms with Gasteiger partial charge in [0.25, 0.3) is 5.91 Å². The molecule has 0 saturated carbocycles. The van der Waals surface area contributed by atoms with Crippen LogP contribution < -0.4 is 10.1 Å². The molecule has 0 aromatic heterocycles. The average Bonchev–Trinajstić information content (AvgIpc) is 2.90. The van der Waals surface area contributed by atoms with E-state index in [1.165, 1.54) is 0 Å². The summed E-state index contributed by atoms with van der Waals surface area (Å²) in [7, 11) is 1.64. The van der Waals surface area contributed by atoms with Crippen LogP contribution in [-0.2, 0) is 23.2 Å². The van der Waals surface area contributed by atoms with E-state index >= 15 is 0 Å². The van der Waals surface area contributed by atoms with Crippen molar-refractivity contribution in [3.05, 3.63) is 101 Å². The highest BCUT2D eigenvalue weighted by molar-refractivity contribution is 6.03. The van der Waals surface area contributed by atoms with Gasteiger partial charge in [-0.1, -0.05) is 54.6 Å². The first-order valence-electron chi connectivity index (χ1n) is 12.3. The van der Waals surface area contributed by atoms with Gasteiger partial charge in [-0.2, -0.15) is 0 Å². The van der Waals surface area contributed by atoms with Crippen molar-refractivity contribution < 1.29 is 19.4 Å². The first-order valence-corrected chi connectivity index (χ1v) is 12.3. The standard InChI is InChI=1S/C30H34N2O4/c1-20(2)32-27(23-13-9-22(19-33)10-14-23)30(3,26-8-6-5-7-25(26)28(32)34)29(35)31-18-17-21-11-15-24(36-4)16-12-21/h5-16,20,27,33H,17-19H2,1-4H3,(H,31,35)/t27-,30-/m0/s1. The Kier molecular flexibility index (Phi) is 7.45. The number of nitrogens with zero attached hydrogens (tertiary/aromatic N) is 1. The highest BCUT2D eigenvalue weighted by atomic mass is 16.5. The number of carbonyl (C=O) groups is 2. The number of aliphatic hydroxyl groups is 1. The molecule has 3 aromatic carbocycles. The van der Waals surface area contributed by atoms with Gasteiger partial charge in [0.1, 0.15) is 5.75 Å². The zero-order chi connectivity index (χ0) is 25.9. The fourth-order valence-corrected chi connectivity index (χ4v) is 5.18. The number of aliphatic hydroxyl groups excluding tert-OH is 1. The van der Waals surface area contributed by atoms with E-state index in [9.17, 15) is 14.7 Å². The summed E-state index contributed by atoms with van der Waals surface area (Å²) in [5.74, 6) is 0.584. The third kappa shape index (κ3) is 4.61. The quantitative estimate of drug-likeness (QED) is 0.494. The lowest BCUT2D eigenvalue weighted by molar-refractivity contribution is -0.129. The number of benzene rings is 3. The Labute approximate surface area is 212 Å². The summed E-state index contributed by atoms with van der Waals surface area (Å²) in [6.45, 7) is 6.28. The molecule has 1 heterocycles. The third-order valence-electron chi connectivity index (χ3n) is 7.14. The van der Waals surface area contributed by atoms with Crippen LogP contribution in [-0.4, -0.2) is 41.5 Å². The Morgan fingerprint density at radius 2 is 1.67 bits per heavy atom. The maximum absolute atomic E-state index is 14.0. The summed E-state index contributed by atoms with van der Waals surface area (Å²) >= 11 is 0. The molecule has 1 aliphatic rings. The van der Waals surface area contributed by atoms with Crippen molar-refractivity contribution in [2.75, 3.05) is 13.7 Å². The summed E-state index contributed by atoms with van der Waals surface area (Å²) in [4.78, 5) is 29.5. The highest BCUT2D eigenvalue weighted by Crippen LogP contribution is 2.48. The molecule has 6 heteroatoms. The van der Waals surface area contributed by atoms with E-state index in [2.05, 4.69) is 5.32 Å². The minimum absolute atomic E-state index is 0.0658. The zero-order valence-electron chi connectivity index (χ0n) is 21.3. The second kappa shape index (κ2) is 10.5. The van der Waals surface area contributed by atoms with Gasteiger partial charge in [0.2, 0.25) is 5.91 Å². The fraction of sp³-hybridized carbons (Fsp3) is 0.333. The van der Waals surface area contributed by atoms with Gasteiger partial charge in [-0.15, -0.1) is 0 Å². The second-order valence-corrected chi connectivity index (χ2v) is 9.71. The lowest BCUT2D eigenvalue weighted by Crippen LogP contribution is -2.59. The number of methoxy groups -OCH3 is 1. The van der Waals surface area contributed by atoms with Crippen LogP contribution >= 0.6 is 0 Å². The van der Waals surface area contributed by atoms with Crippen LogP contribution in [0.3, 0.4) is 0 Å². The van der Waals surface area contributed by atoms with Gasteiger partial charge in [-0.25, -0.2) is 0 Å². The van der Waals surface area contributed by atoms with Crippen LogP contribution in [0.2, 0.25) is 0 Å². The molecule has 2 amide bonds. The first kappa shape index (κ1) is 25.5. The van der Waals surface area contributed by atoms with Gasteiger partial charge in [0, 0.05) is 18.2 Å². The topological polar surface area (TPSA) is 78.9 Å². The van der Waals surface area contributed by atoms with Gasteiger partial charge in [0.15, 0.2) is 0 Å². The molecule has 0 spiro atoms. The number of ether oxygens (including phenoxy) is 1. The molecular weight excluding hydrogens is 452 g/mol. The molecule has 0 bridgehead atoms. The number of rotatable bonds is 8. The molecule has 2 N–H and O–H groups in total. The van der Waals surface area contributed by atoms with Crippen molar-refractivity contribution >= 4 is 11.8 Å². The second-order valence-electron chi connectivity index (χ2n) is 9.71. The van der Waals surface area contributed by atoms with Gasteiger partial charge in [-0.05, 0) is 67.6 Å². The van der Waals surface area contributed by atoms with Crippen molar-refractivity contribution in [3.8, 4) is 5.75 Å². The smallest absolute Gasteiger partial charge is 0.254 e. The molecule has 0 unspecified atom stereocenters. The molecule has 3 aromatic rings. The van der Waals surface area contributed by atoms with Crippen molar-refractivity contribution in [2.45, 2.75) is 51.3 Å². The molecule has 36 heavy (non-hydrogen) atoms. The number of hydrogen-bond donors (Lipinski definition) is 2. The zero-order valence-corrected chi connectivity index (χ0v) is 21.3. The first-order chi connectivity index (χ1) is 17.3. The summed E-state index contributed by atoms with van der Waals surface area (Å²) < 4.78 is 5.23. The number of amides is 2. The Hall–Kier alpha value is -3.64.